The largest absolute Gasteiger partial charge is 0.271 e. The predicted octanol–water partition coefficient (Wildman–Crippen LogP) is 1.21. The van der Waals surface area contributed by atoms with Gasteiger partial charge in [0.05, 0.1) is 6.54 Å². The molecule has 1 amide bonds. The molecule has 0 bridgehead atoms. The highest BCUT2D eigenvalue weighted by Crippen LogP contribution is 2.13. The molecule has 86 valence electrons. The zero-order chi connectivity index (χ0) is 11.5. The number of nitrogens with zero attached hydrogens (tertiary/aromatic N) is 1. The number of halogens is 2. The lowest BCUT2D eigenvalue weighted by molar-refractivity contribution is -0.164. The summed E-state index contributed by atoms with van der Waals surface area (Å²) in [5, 5.41) is 1.22. The second-order valence-corrected chi connectivity index (χ2v) is 3.68. The standard InChI is InChI=1S/C10H10ClFN2O2/c11-13-9-6-16-14(10(9)15)5-7-1-3-8(12)4-2-7/h1-4,9,13H,5-6H2/t9-/m1/s1. The van der Waals surface area contributed by atoms with Crippen molar-refractivity contribution in [3.05, 3.63) is 35.6 Å². The van der Waals surface area contributed by atoms with Crippen molar-refractivity contribution in [2.45, 2.75) is 12.6 Å². The molecule has 4 nitrogen and oxygen atoms in total. The van der Waals surface area contributed by atoms with E-state index in [0.29, 0.717) is 0 Å². The maximum atomic E-state index is 12.7. The zero-order valence-electron chi connectivity index (χ0n) is 8.32. The minimum atomic E-state index is -0.512. The fourth-order valence-corrected chi connectivity index (χ4v) is 1.59. The van der Waals surface area contributed by atoms with E-state index in [1.54, 1.807) is 12.1 Å². The van der Waals surface area contributed by atoms with Crippen LogP contribution >= 0.6 is 11.8 Å². The number of rotatable bonds is 3. The summed E-state index contributed by atoms with van der Waals surface area (Å²) >= 11 is 5.36. The third-order valence-electron chi connectivity index (χ3n) is 2.31. The van der Waals surface area contributed by atoms with Gasteiger partial charge in [-0.05, 0) is 29.5 Å². The highest BCUT2D eigenvalue weighted by molar-refractivity contribution is 6.15. The van der Waals surface area contributed by atoms with Crippen LogP contribution in [0, 0.1) is 5.82 Å². The molecule has 0 spiro atoms. The molecule has 1 saturated heterocycles. The highest BCUT2D eigenvalue weighted by Gasteiger charge is 2.32. The Morgan fingerprint density at radius 2 is 2.19 bits per heavy atom. The van der Waals surface area contributed by atoms with Gasteiger partial charge in [0.1, 0.15) is 18.5 Å². The van der Waals surface area contributed by atoms with Crippen molar-refractivity contribution in [1.29, 1.82) is 0 Å². The molecule has 1 aromatic carbocycles. The summed E-state index contributed by atoms with van der Waals surface area (Å²) in [6, 6.07) is 5.38. The van der Waals surface area contributed by atoms with Crippen molar-refractivity contribution < 1.29 is 14.0 Å². The number of nitrogens with one attached hydrogen (secondary N) is 1. The van der Waals surface area contributed by atoms with Crippen LogP contribution < -0.4 is 4.84 Å². The van der Waals surface area contributed by atoms with Crippen LogP contribution in [0.3, 0.4) is 0 Å². The molecule has 6 heteroatoms. The van der Waals surface area contributed by atoms with Crippen LogP contribution in [0.1, 0.15) is 5.56 Å². The molecule has 1 aromatic rings. The van der Waals surface area contributed by atoms with Gasteiger partial charge in [0, 0.05) is 0 Å². The number of amides is 1. The molecule has 1 aliphatic heterocycles. The first-order valence-electron chi connectivity index (χ1n) is 4.75. The zero-order valence-corrected chi connectivity index (χ0v) is 9.08. The molecule has 1 N–H and O–H groups in total. The molecule has 1 fully saturated rings. The van der Waals surface area contributed by atoms with Crippen molar-refractivity contribution in [3.63, 3.8) is 0 Å². The first-order valence-corrected chi connectivity index (χ1v) is 5.13. The van der Waals surface area contributed by atoms with Gasteiger partial charge in [-0.15, -0.1) is 0 Å². The van der Waals surface area contributed by atoms with Crippen LogP contribution in [0.25, 0.3) is 0 Å². The number of carbonyl (C=O) groups excluding carboxylic acids is 1. The van der Waals surface area contributed by atoms with Gasteiger partial charge >= 0.3 is 0 Å². The molecular weight excluding hydrogens is 235 g/mol. The number of hydrogen-bond donors (Lipinski definition) is 1. The van der Waals surface area contributed by atoms with Gasteiger partial charge in [0.15, 0.2) is 0 Å². The monoisotopic (exact) mass is 244 g/mol. The van der Waals surface area contributed by atoms with E-state index in [4.69, 9.17) is 16.6 Å². The molecule has 1 atom stereocenters. The van der Waals surface area contributed by atoms with E-state index < -0.39 is 6.04 Å². The van der Waals surface area contributed by atoms with E-state index in [-0.39, 0.29) is 24.9 Å². The summed E-state index contributed by atoms with van der Waals surface area (Å²) < 4.78 is 12.7. The summed E-state index contributed by atoms with van der Waals surface area (Å²) in [5.41, 5.74) is 0.796. The van der Waals surface area contributed by atoms with E-state index in [1.807, 2.05) is 0 Å². The third kappa shape index (κ3) is 2.32. The van der Waals surface area contributed by atoms with Gasteiger partial charge in [-0.2, -0.15) is 0 Å². The van der Waals surface area contributed by atoms with Gasteiger partial charge in [0.25, 0.3) is 5.91 Å². The van der Waals surface area contributed by atoms with Gasteiger partial charge in [0.2, 0.25) is 0 Å². The van der Waals surface area contributed by atoms with Crippen LogP contribution in [-0.4, -0.2) is 23.6 Å². The number of benzene rings is 1. The Labute approximate surface area is 97.0 Å². The molecule has 2 rings (SSSR count). The molecule has 0 radical (unpaired) electrons. The normalized spacial score (nSPS) is 20.5. The molecule has 0 unspecified atom stereocenters. The van der Waals surface area contributed by atoms with Gasteiger partial charge in [-0.3, -0.25) is 9.63 Å². The lowest BCUT2D eigenvalue weighted by atomic mass is 10.2. The summed E-state index contributed by atoms with van der Waals surface area (Å²) in [7, 11) is 0. The van der Waals surface area contributed by atoms with E-state index >= 15 is 0 Å². The van der Waals surface area contributed by atoms with Crippen molar-refractivity contribution in [3.8, 4) is 0 Å². The summed E-state index contributed by atoms with van der Waals surface area (Å²) in [6.07, 6.45) is 0. The first kappa shape index (κ1) is 11.3. The Morgan fingerprint density at radius 3 is 2.75 bits per heavy atom. The lowest BCUT2D eigenvalue weighted by Crippen LogP contribution is -2.34. The number of carbonyl (C=O) groups is 1. The Hall–Kier alpha value is -1.17. The molecule has 0 saturated carbocycles. The maximum Gasteiger partial charge on any atom is 0.267 e. The summed E-state index contributed by atoms with van der Waals surface area (Å²) in [5.74, 6) is -0.531. The molecule has 1 heterocycles. The Bertz CT molecular complexity index is 385. The second-order valence-electron chi connectivity index (χ2n) is 3.46. The Balaban J connectivity index is 2.01. The number of hydroxylamine groups is 2. The van der Waals surface area contributed by atoms with Crippen LogP contribution in [0.5, 0.6) is 0 Å². The molecule has 1 aliphatic rings. The van der Waals surface area contributed by atoms with E-state index in [9.17, 15) is 9.18 Å². The summed E-state index contributed by atoms with van der Waals surface area (Å²) in [6.45, 7) is 0.498. The van der Waals surface area contributed by atoms with Gasteiger partial charge in [-0.25, -0.2) is 14.3 Å². The van der Waals surface area contributed by atoms with Crippen LogP contribution in [0.4, 0.5) is 4.39 Å². The fraction of sp³-hybridized carbons (Fsp3) is 0.300. The van der Waals surface area contributed by atoms with Crippen LogP contribution in [0.15, 0.2) is 24.3 Å². The van der Waals surface area contributed by atoms with E-state index in [1.165, 1.54) is 17.2 Å². The fourth-order valence-electron chi connectivity index (χ4n) is 1.43. The lowest BCUT2D eigenvalue weighted by Gasteiger charge is -2.14. The first-order chi connectivity index (χ1) is 7.70. The molecule has 16 heavy (non-hydrogen) atoms. The maximum absolute atomic E-state index is 12.7. The minimum absolute atomic E-state index is 0.212. The third-order valence-corrected chi connectivity index (χ3v) is 2.58. The smallest absolute Gasteiger partial charge is 0.267 e. The van der Waals surface area contributed by atoms with Gasteiger partial charge < -0.3 is 0 Å². The SMILES string of the molecule is O=C1[C@H](NCl)CON1Cc1ccc(F)cc1. The Morgan fingerprint density at radius 1 is 1.50 bits per heavy atom. The highest BCUT2D eigenvalue weighted by atomic mass is 35.5. The molecular formula is C10H10ClFN2O2. The van der Waals surface area contributed by atoms with Crippen molar-refractivity contribution in [1.82, 2.24) is 9.90 Å². The van der Waals surface area contributed by atoms with E-state index in [2.05, 4.69) is 4.84 Å². The second kappa shape index (κ2) is 4.78. The molecule has 0 aromatic heterocycles. The van der Waals surface area contributed by atoms with E-state index in [0.717, 1.165) is 5.56 Å². The summed E-state index contributed by atoms with van der Waals surface area (Å²) in [4.78, 5) is 19.1. The van der Waals surface area contributed by atoms with Crippen molar-refractivity contribution >= 4 is 17.7 Å². The molecule has 0 aliphatic carbocycles. The minimum Gasteiger partial charge on any atom is -0.271 e. The topological polar surface area (TPSA) is 41.6 Å². The average molecular weight is 245 g/mol. The van der Waals surface area contributed by atoms with Crippen LogP contribution in [-0.2, 0) is 16.2 Å². The quantitative estimate of drug-likeness (QED) is 0.813. The van der Waals surface area contributed by atoms with Crippen molar-refractivity contribution in [2.24, 2.45) is 0 Å². The predicted molar refractivity (Wildman–Crippen MR) is 55.7 cm³/mol. The van der Waals surface area contributed by atoms with Crippen molar-refractivity contribution in [2.75, 3.05) is 6.61 Å². The average Bonchev–Trinajstić information content (AvgIpc) is 2.63. The van der Waals surface area contributed by atoms with Crippen LogP contribution in [0.2, 0.25) is 0 Å². The Kier molecular flexibility index (Phi) is 3.38. The number of hydrogen-bond acceptors (Lipinski definition) is 3. The van der Waals surface area contributed by atoms with Gasteiger partial charge in [-0.1, -0.05) is 12.1 Å².